The van der Waals surface area contributed by atoms with Gasteiger partial charge in [0.1, 0.15) is 11.9 Å². The van der Waals surface area contributed by atoms with E-state index in [-0.39, 0.29) is 57.9 Å². The van der Waals surface area contributed by atoms with Crippen molar-refractivity contribution in [3.8, 4) is 6.07 Å². The highest BCUT2D eigenvalue weighted by atomic mass is 16.3. The molecule has 4 saturated carbocycles. The monoisotopic (exact) mass is 509 g/mol. The number of hydrogen-bond acceptors (Lipinski definition) is 5. The van der Waals surface area contributed by atoms with Crippen LogP contribution in [0, 0.1) is 67.5 Å². The van der Waals surface area contributed by atoms with E-state index in [0.717, 1.165) is 44.9 Å². The van der Waals surface area contributed by atoms with E-state index in [9.17, 15) is 25.1 Å². The molecule has 5 heteroatoms. The predicted octanol–water partition coefficient (Wildman–Crippen LogP) is 5.64. The summed E-state index contributed by atoms with van der Waals surface area (Å²) in [5.41, 5.74) is -1.42. The van der Waals surface area contributed by atoms with Crippen molar-refractivity contribution in [3.63, 3.8) is 0 Å². The number of hydrogen-bond donors (Lipinski definition) is 2. The van der Waals surface area contributed by atoms with E-state index in [1.54, 1.807) is 0 Å². The Hall–Kier alpha value is -1.51. The third-order valence-corrected chi connectivity index (χ3v) is 13.4. The standard InChI is InChI=1S/C32H47NO4/c1-27(2)10-12-32(24(36)18-34)13-11-31(7)25(20(32)16-27)21(35)14-23-29(5)15-19(17-33)26(37)28(3,4)22(29)8-9-30(23,31)6/h15,20,22-25,34,36H,8-14,16,18H2,1-7H3/t20-,22-,23+,24+,25-,29-,30+,31+,32-/m0/s1. The van der Waals surface area contributed by atoms with Gasteiger partial charge in [-0.05, 0) is 84.4 Å². The Labute approximate surface area is 223 Å². The fraction of sp³-hybridized carbons (Fsp3) is 0.844. The minimum absolute atomic E-state index is 0.0579. The van der Waals surface area contributed by atoms with Crippen LogP contribution in [0.25, 0.3) is 0 Å². The van der Waals surface area contributed by atoms with Gasteiger partial charge in [0.15, 0.2) is 5.78 Å². The van der Waals surface area contributed by atoms with Crippen LogP contribution in [0.15, 0.2) is 11.6 Å². The van der Waals surface area contributed by atoms with Gasteiger partial charge in [-0.1, -0.05) is 54.5 Å². The lowest BCUT2D eigenvalue weighted by molar-refractivity contribution is -0.236. The molecular formula is C32H47NO4. The summed E-state index contributed by atoms with van der Waals surface area (Å²) in [5.74, 6) is 0.324. The maximum Gasteiger partial charge on any atom is 0.178 e. The summed E-state index contributed by atoms with van der Waals surface area (Å²) in [6, 6.07) is 2.20. The lowest BCUT2D eigenvalue weighted by atomic mass is 9.31. The number of carbonyl (C=O) groups excluding carboxylic acids is 2. The normalized spacial score (nSPS) is 48.9. The molecule has 0 aromatic rings. The minimum Gasteiger partial charge on any atom is -0.394 e. The zero-order valence-corrected chi connectivity index (χ0v) is 24.0. The van der Waals surface area contributed by atoms with E-state index < -0.39 is 22.3 Å². The number of carbonyl (C=O) groups is 2. The van der Waals surface area contributed by atoms with Crippen LogP contribution in [-0.2, 0) is 9.59 Å². The van der Waals surface area contributed by atoms with Crippen molar-refractivity contribution in [1.82, 2.24) is 0 Å². The van der Waals surface area contributed by atoms with Crippen molar-refractivity contribution in [2.75, 3.05) is 6.61 Å². The molecule has 0 saturated heterocycles. The first kappa shape index (κ1) is 27.1. The maximum absolute atomic E-state index is 14.4. The highest BCUT2D eigenvalue weighted by molar-refractivity contribution is 6.04. The van der Waals surface area contributed by atoms with Crippen LogP contribution < -0.4 is 0 Å². The molecule has 5 aliphatic carbocycles. The van der Waals surface area contributed by atoms with Crippen LogP contribution in [0.5, 0.6) is 0 Å². The Bertz CT molecular complexity index is 1100. The van der Waals surface area contributed by atoms with Gasteiger partial charge in [0.2, 0.25) is 0 Å². The van der Waals surface area contributed by atoms with Gasteiger partial charge in [-0.2, -0.15) is 5.26 Å². The number of nitrogens with zero attached hydrogens (tertiary/aromatic N) is 1. The number of nitriles is 1. The molecule has 4 fully saturated rings. The van der Waals surface area contributed by atoms with Gasteiger partial charge in [0.25, 0.3) is 0 Å². The summed E-state index contributed by atoms with van der Waals surface area (Å²) in [6.45, 7) is 15.3. The summed E-state index contributed by atoms with van der Waals surface area (Å²) < 4.78 is 0. The number of rotatable bonds is 2. The minimum atomic E-state index is -0.795. The lowest BCUT2D eigenvalue weighted by Crippen LogP contribution is -2.69. The molecule has 9 atom stereocenters. The van der Waals surface area contributed by atoms with Gasteiger partial charge in [-0.3, -0.25) is 9.59 Å². The van der Waals surface area contributed by atoms with Crippen molar-refractivity contribution >= 4 is 11.6 Å². The molecule has 2 N–H and O–H groups in total. The lowest BCUT2D eigenvalue weighted by Gasteiger charge is -2.72. The Balaban J connectivity index is 1.64. The number of ketones is 2. The Morgan fingerprint density at radius 3 is 2.24 bits per heavy atom. The van der Waals surface area contributed by atoms with Crippen LogP contribution in [0.2, 0.25) is 0 Å². The van der Waals surface area contributed by atoms with E-state index >= 15 is 0 Å². The number of aliphatic hydroxyl groups excluding tert-OH is 2. The van der Waals surface area contributed by atoms with Gasteiger partial charge in [-0.15, -0.1) is 0 Å². The summed E-state index contributed by atoms with van der Waals surface area (Å²) in [4.78, 5) is 27.7. The summed E-state index contributed by atoms with van der Waals surface area (Å²) in [6.07, 6.45) is 7.96. The first-order valence-corrected chi connectivity index (χ1v) is 14.5. The quantitative estimate of drug-likeness (QED) is 0.502. The SMILES string of the molecule is CC1(C)CC[C@]2([C@H](O)CO)CC[C@]3(C)[C@H](C(=O)C[C@@H]4[C@@]5(C)C=C(C#N)C(=O)C(C)(C)[C@@H]5CC[C@]43C)[C@@H]2C1. The van der Waals surface area contributed by atoms with Crippen molar-refractivity contribution < 1.29 is 19.8 Å². The van der Waals surface area contributed by atoms with Crippen molar-refractivity contribution in [1.29, 1.82) is 5.26 Å². The average molecular weight is 510 g/mol. The van der Waals surface area contributed by atoms with E-state index in [0.29, 0.717) is 12.2 Å². The molecule has 0 aromatic heterocycles. The fourth-order valence-electron chi connectivity index (χ4n) is 11.1. The van der Waals surface area contributed by atoms with E-state index in [4.69, 9.17) is 0 Å². The van der Waals surface area contributed by atoms with Crippen LogP contribution in [0.1, 0.15) is 99.8 Å². The van der Waals surface area contributed by atoms with Crippen LogP contribution in [0.4, 0.5) is 0 Å². The zero-order chi connectivity index (χ0) is 27.4. The molecule has 0 amide bonds. The first-order chi connectivity index (χ1) is 17.0. The van der Waals surface area contributed by atoms with Gasteiger partial charge in [0, 0.05) is 23.2 Å². The van der Waals surface area contributed by atoms with Crippen LogP contribution in [-0.4, -0.2) is 34.5 Å². The molecule has 204 valence electrons. The smallest absolute Gasteiger partial charge is 0.178 e. The molecule has 5 aliphatic rings. The summed E-state index contributed by atoms with van der Waals surface area (Å²) >= 11 is 0. The molecule has 0 aliphatic heterocycles. The fourth-order valence-corrected chi connectivity index (χ4v) is 11.1. The van der Waals surface area contributed by atoms with E-state index in [1.807, 2.05) is 19.9 Å². The van der Waals surface area contributed by atoms with E-state index in [1.165, 1.54) is 0 Å². The molecule has 5 nitrogen and oxygen atoms in total. The third kappa shape index (κ3) is 3.27. The second kappa shape index (κ2) is 8.01. The second-order valence-corrected chi connectivity index (χ2v) is 15.6. The van der Waals surface area contributed by atoms with Gasteiger partial charge in [-0.25, -0.2) is 0 Å². The number of Topliss-reactive ketones (excluding diaryl/α,β-unsaturated/α-hetero) is 2. The van der Waals surface area contributed by atoms with Crippen molar-refractivity contribution in [2.24, 2.45) is 56.2 Å². The summed E-state index contributed by atoms with van der Waals surface area (Å²) in [7, 11) is 0. The Morgan fingerprint density at radius 1 is 0.973 bits per heavy atom. The molecule has 0 unspecified atom stereocenters. The van der Waals surface area contributed by atoms with Gasteiger partial charge < -0.3 is 10.2 Å². The van der Waals surface area contributed by atoms with Gasteiger partial charge >= 0.3 is 0 Å². The molecule has 0 radical (unpaired) electrons. The van der Waals surface area contributed by atoms with Crippen molar-refractivity contribution in [3.05, 3.63) is 11.6 Å². The number of aliphatic hydroxyl groups is 2. The number of allylic oxidation sites excluding steroid dienone is 2. The molecule has 37 heavy (non-hydrogen) atoms. The largest absolute Gasteiger partial charge is 0.394 e. The highest BCUT2D eigenvalue weighted by Gasteiger charge is 2.72. The molecule has 5 rings (SSSR count). The van der Waals surface area contributed by atoms with Crippen LogP contribution in [0.3, 0.4) is 0 Å². The maximum atomic E-state index is 14.4. The first-order valence-electron chi connectivity index (χ1n) is 14.5. The third-order valence-electron chi connectivity index (χ3n) is 13.4. The average Bonchev–Trinajstić information content (AvgIpc) is 2.82. The molecule has 0 heterocycles. The topological polar surface area (TPSA) is 98.4 Å². The zero-order valence-electron chi connectivity index (χ0n) is 24.0. The second-order valence-electron chi connectivity index (χ2n) is 15.6. The predicted molar refractivity (Wildman–Crippen MR) is 142 cm³/mol. The van der Waals surface area contributed by atoms with Gasteiger partial charge in [0.05, 0.1) is 18.3 Å². The molecule has 0 spiro atoms. The highest BCUT2D eigenvalue weighted by Crippen LogP contribution is 2.76. The Kier molecular flexibility index (Phi) is 5.86. The molecular weight excluding hydrogens is 462 g/mol. The van der Waals surface area contributed by atoms with Crippen LogP contribution >= 0.6 is 0 Å². The summed E-state index contributed by atoms with van der Waals surface area (Å²) in [5, 5.41) is 31.2. The molecule has 0 bridgehead atoms. The number of fused-ring (bicyclic) bond motifs is 7. The van der Waals surface area contributed by atoms with Crippen molar-refractivity contribution in [2.45, 2.75) is 106 Å². The molecule has 0 aromatic carbocycles. The van der Waals surface area contributed by atoms with E-state index in [2.05, 4.69) is 40.7 Å². The Morgan fingerprint density at radius 2 is 1.62 bits per heavy atom.